The molecule has 0 aliphatic rings. The van der Waals surface area contributed by atoms with Gasteiger partial charge >= 0.3 is 0 Å². The Balaban J connectivity index is 2.68. The number of nitrogens with two attached hydrogens (primary N) is 1. The molecular formula is C13H21NO. The van der Waals surface area contributed by atoms with Crippen molar-refractivity contribution in [1.82, 2.24) is 0 Å². The summed E-state index contributed by atoms with van der Waals surface area (Å²) in [4.78, 5) is 0. The Kier molecular flexibility index (Phi) is 4.15. The number of phenolic OH excluding ortho intramolecular Hbond substituents is 1. The van der Waals surface area contributed by atoms with Crippen molar-refractivity contribution in [3.05, 3.63) is 28.8 Å². The third-order valence-corrected chi connectivity index (χ3v) is 2.77. The van der Waals surface area contributed by atoms with Gasteiger partial charge in [-0.2, -0.15) is 0 Å². The van der Waals surface area contributed by atoms with Gasteiger partial charge in [0, 0.05) is 6.04 Å². The van der Waals surface area contributed by atoms with Crippen LogP contribution < -0.4 is 5.73 Å². The lowest BCUT2D eigenvalue weighted by atomic mass is 9.96. The minimum atomic E-state index is 0.280. The molecule has 2 nitrogen and oxygen atoms in total. The van der Waals surface area contributed by atoms with Crippen molar-refractivity contribution in [2.75, 3.05) is 0 Å². The maximum absolute atomic E-state index is 9.41. The van der Waals surface area contributed by atoms with Crippen LogP contribution in [-0.4, -0.2) is 11.1 Å². The van der Waals surface area contributed by atoms with Crippen LogP contribution in [0.1, 0.15) is 36.5 Å². The van der Waals surface area contributed by atoms with Gasteiger partial charge in [0.15, 0.2) is 0 Å². The second-order valence-corrected chi connectivity index (χ2v) is 4.43. The van der Waals surface area contributed by atoms with Crippen molar-refractivity contribution in [1.29, 1.82) is 0 Å². The van der Waals surface area contributed by atoms with E-state index in [-0.39, 0.29) is 6.04 Å². The predicted octanol–water partition coefficient (Wildman–Crippen LogP) is 2.68. The van der Waals surface area contributed by atoms with Crippen LogP contribution in [0, 0.1) is 13.8 Å². The topological polar surface area (TPSA) is 46.2 Å². The van der Waals surface area contributed by atoms with E-state index in [9.17, 15) is 5.11 Å². The molecule has 3 N–H and O–H groups in total. The molecule has 1 unspecified atom stereocenters. The first-order valence-corrected chi connectivity index (χ1v) is 5.55. The summed E-state index contributed by atoms with van der Waals surface area (Å²) >= 11 is 0. The van der Waals surface area contributed by atoms with Gasteiger partial charge in [0.2, 0.25) is 0 Å². The van der Waals surface area contributed by atoms with Crippen molar-refractivity contribution in [2.24, 2.45) is 5.73 Å². The van der Waals surface area contributed by atoms with Crippen molar-refractivity contribution in [2.45, 2.75) is 46.1 Å². The molecule has 0 aliphatic carbocycles. The number of benzene rings is 1. The fraction of sp³-hybridized carbons (Fsp3) is 0.538. The van der Waals surface area contributed by atoms with Crippen molar-refractivity contribution in [3.8, 4) is 5.75 Å². The third-order valence-electron chi connectivity index (χ3n) is 2.77. The van der Waals surface area contributed by atoms with Gasteiger partial charge in [-0.1, -0.05) is 0 Å². The summed E-state index contributed by atoms with van der Waals surface area (Å²) in [5.41, 5.74) is 9.43. The Hall–Kier alpha value is -1.02. The summed E-state index contributed by atoms with van der Waals surface area (Å²) in [6, 6.07) is 3.94. The lowest BCUT2D eigenvalue weighted by molar-refractivity contribution is 0.474. The molecule has 0 saturated carbocycles. The largest absolute Gasteiger partial charge is 0.508 e. The van der Waals surface area contributed by atoms with Crippen LogP contribution >= 0.6 is 0 Å². The molecule has 0 spiro atoms. The Labute approximate surface area is 92.1 Å². The molecule has 1 aromatic rings. The van der Waals surface area contributed by atoms with Crippen LogP contribution in [0.3, 0.4) is 0 Å². The van der Waals surface area contributed by atoms with Gasteiger partial charge in [0.1, 0.15) is 5.75 Å². The van der Waals surface area contributed by atoms with Crippen molar-refractivity contribution in [3.63, 3.8) is 0 Å². The van der Waals surface area contributed by atoms with Crippen molar-refractivity contribution >= 4 is 0 Å². The maximum Gasteiger partial charge on any atom is 0.116 e. The number of aryl methyl sites for hydroxylation is 2. The normalized spacial score (nSPS) is 12.8. The number of aromatic hydroxyl groups is 1. The molecular weight excluding hydrogens is 186 g/mol. The standard InChI is InChI=1S/C13H21NO/c1-9-7-12(15)8-10(2)13(9)6-4-5-11(3)14/h7-8,11,15H,4-6,14H2,1-3H3. The number of hydrogen-bond donors (Lipinski definition) is 2. The van der Waals surface area contributed by atoms with E-state index < -0.39 is 0 Å². The summed E-state index contributed by atoms with van der Waals surface area (Å²) in [6.07, 6.45) is 3.23. The summed E-state index contributed by atoms with van der Waals surface area (Å²) in [7, 11) is 0. The smallest absolute Gasteiger partial charge is 0.116 e. The van der Waals surface area contributed by atoms with Gasteiger partial charge in [0.25, 0.3) is 0 Å². The molecule has 1 aromatic carbocycles. The highest BCUT2D eigenvalue weighted by molar-refractivity contribution is 5.40. The molecule has 0 bridgehead atoms. The molecule has 0 aromatic heterocycles. The zero-order chi connectivity index (χ0) is 11.4. The molecule has 1 atom stereocenters. The van der Waals surface area contributed by atoms with Crippen LogP contribution in [0.4, 0.5) is 0 Å². The van der Waals surface area contributed by atoms with Gasteiger partial charge in [-0.15, -0.1) is 0 Å². The second-order valence-electron chi connectivity index (χ2n) is 4.43. The number of phenols is 1. The van der Waals surface area contributed by atoms with Gasteiger partial charge < -0.3 is 10.8 Å². The van der Waals surface area contributed by atoms with Gasteiger partial charge in [-0.3, -0.25) is 0 Å². The van der Waals surface area contributed by atoms with Gasteiger partial charge in [-0.05, 0) is 68.9 Å². The van der Waals surface area contributed by atoms with Crippen molar-refractivity contribution < 1.29 is 5.11 Å². The average molecular weight is 207 g/mol. The Morgan fingerprint density at radius 1 is 1.27 bits per heavy atom. The second kappa shape index (κ2) is 5.17. The predicted molar refractivity (Wildman–Crippen MR) is 64.2 cm³/mol. The number of hydrogen-bond acceptors (Lipinski definition) is 2. The van der Waals surface area contributed by atoms with E-state index in [2.05, 4.69) is 0 Å². The van der Waals surface area contributed by atoms with Crippen LogP contribution in [-0.2, 0) is 6.42 Å². The first-order valence-electron chi connectivity index (χ1n) is 5.55. The highest BCUT2D eigenvalue weighted by atomic mass is 16.3. The van der Waals surface area contributed by atoms with Crippen LogP contribution in [0.2, 0.25) is 0 Å². The third kappa shape index (κ3) is 3.56. The SMILES string of the molecule is Cc1cc(O)cc(C)c1CCCC(C)N. The maximum atomic E-state index is 9.41. The van der Waals surface area contributed by atoms with E-state index >= 15 is 0 Å². The Morgan fingerprint density at radius 3 is 2.27 bits per heavy atom. The molecule has 0 heterocycles. The van der Waals surface area contributed by atoms with Crippen LogP contribution in [0.15, 0.2) is 12.1 Å². The molecule has 0 aliphatic heterocycles. The van der Waals surface area contributed by atoms with Gasteiger partial charge in [-0.25, -0.2) is 0 Å². The summed E-state index contributed by atoms with van der Waals surface area (Å²) in [5.74, 6) is 0.362. The fourth-order valence-corrected chi connectivity index (χ4v) is 1.97. The minimum absolute atomic E-state index is 0.280. The molecule has 84 valence electrons. The van der Waals surface area contributed by atoms with E-state index in [0.717, 1.165) is 19.3 Å². The Morgan fingerprint density at radius 2 is 1.80 bits per heavy atom. The van der Waals surface area contributed by atoms with Crippen LogP contribution in [0.5, 0.6) is 5.75 Å². The lowest BCUT2D eigenvalue weighted by Crippen LogP contribution is -2.14. The lowest BCUT2D eigenvalue weighted by Gasteiger charge is -2.11. The first kappa shape index (κ1) is 12.1. The molecule has 0 amide bonds. The molecule has 0 saturated heterocycles. The van der Waals surface area contributed by atoms with E-state index in [1.54, 1.807) is 0 Å². The summed E-state index contributed by atoms with van der Waals surface area (Å²) in [6.45, 7) is 6.14. The van der Waals surface area contributed by atoms with E-state index in [0.29, 0.717) is 5.75 Å². The average Bonchev–Trinajstić information content (AvgIpc) is 2.08. The fourth-order valence-electron chi connectivity index (χ4n) is 1.97. The zero-order valence-corrected chi connectivity index (χ0v) is 9.88. The highest BCUT2D eigenvalue weighted by Crippen LogP contribution is 2.22. The molecule has 0 radical (unpaired) electrons. The zero-order valence-electron chi connectivity index (χ0n) is 9.88. The van der Waals surface area contributed by atoms with Crippen LogP contribution in [0.25, 0.3) is 0 Å². The monoisotopic (exact) mass is 207 g/mol. The van der Waals surface area contributed by atoms with Gasteiger partial charge in [0.05, 0.1) is 0 Å². The minimum Gasteiger partial charge on any atom is -0.508 e. The van der Waals surface area contributed by atoms with E-state index in [1.807, 2.05) is 32.9 Å². The Bertz CT molecular complexity index is 308. The molecule has 2 heteroatoms. The highest BCUT2D eigenvalue weighted by Gasteiger charge is 2.05. The van der Waals surface area contributed by atoms with E-state index in [4.69, 9.17) is 5.73 Å². The summed E-state index contributed by atoms with van der Waals surface area (Å²) in [5, 5.41) is 9.41. The quantitative estimate of drug-likeness (QED) is 0.797. The molecule has 0 fully saturated rings. The first-order chi connectivity index (χ1) is 7.00. The summed E-state index contributed by atoms with van der Waals surface area (Å²) < 4.78 is 0. The van der Waals surface area contributed by atoms with E-state index in [1.165, 1.54) is 16.7 Å². The molecule has 15 heavy (non-hydrogen) atoms. The molecule has 1 rings (SSSR count). The number of rotatable bonds is 4.